The molecular formula is C12H6Cl2N2O3S. The molecule has 20 heavy (non-hydrogen) atoms. The second kappa shape index (κ2) is 6.21. The number of nitro benzene ring substituents is 1. The molecule has 1 heterocycles. The van der Waals surface area contributed by atoms with Gasteiger partial charge in [-0.3, -0.25) is 14.9 Å². The number of aromatic nitrogens is 1. The van der Waals surface area contributed by atoms with Gasteiger partial charge in [-0.1, -0.05) is 23.4 Å². The van der Waals surface area contributed by atoms with Crippen molar-refractivity contribution < 1.29 is 9.72 Å². The monoisotopic (exact) mass is 328 g/mol. The fourth-order valence-electron chi connectivity index (χ4n) is 1.45. The molecule has 0 fully saturated rings. The third-order valence-corrected chi connectivity index (χ3v) is 3.81. The quantitative estimate of drug-likeness (QED) is 0.478. The SMILES string of the molecule is O=C(Cl)c1cccnc1Sc1cc(Cl)ccc1[N+](=O)[O-]. The Hall–Kier alpha value is -1.63. The third kappa shape index (κ3) is 3.27. The minimum absolute atomic E-state index is 0.113. The summed E-state index contributed by atoms with van der Waals surface area (Å²) < 4.78 is 0. The summed E-state index contributed by atoms with van der Waals surface area (Å²) in [5.74, 6) is 0. The highest BCUT2D eigenvalue weighted by atomic mass is 35.5. The number of nitro groups is 1. The van der Waals surface area contributed by atoms with Gasteiger partial charge in [-0.2, -0.15) is 0 Å². The smallest absolute Gasteiger partial charge is 0.276 e. The van der Waals surface area contributed by atoms with Gasteiger partial charge in [0, 0.05) is 17.3 Å². The predicted molar refractivity (Wildman–Crippen MR) is 76.6 cm³/mol. The Morgan fingerprint density at radius 3 is 2.75 bits per heavy atom. The van der Waals surface area contributed by atoms with E-state index in [4.69, 9.17) is 23.2 Å². The van der Waals surface area contributed by atoms with Gasteiger partial charge in [0.25, 0.3) is 10.9 Å². The average molecular weight is 329 g/mol. The summed E-state index contributed by atoms with van der Waals surface area (Å²) in [4.78, 5) is 26.1. The summed E-state index contributed by atoms with van der Waals surface area (Å²) in [6.45, 7) is 0. The highest BCUT2D eigenvalue weighted by molar-refractivity contribution is 7.99. The van der Waals surface area contributed by atoms with Gasteiger partial charge >= 0.3 is 0 Å². The van der Waals surface area contributed by atoms with Crippen molar-refractivity contribution in [3.05, 3.63) is 57.2 Å². The first kappa shape index (κ1) is 14.8. The largest absolute Gasteiger partial charge is 0.283 e. The van der Waals surface area contributed by atoms with Crippen molar-refractivity contribution in [2.45, 2.75) is 9.92 Å². The highest BCUT2D eigenvalue weighted by Crippen LogP contribution is 2.37. The molecule has 0 bridgehead atoms. The molecule has 0 saturated heterocycles. The Labute approximate surface area is 128 Å². The van der Waals surface area contributed by atoms with Gasteiger partial charge in [0.2, 0.25) is 0 Å². The van der Waals surface area contributed by atoms with E-state index in [2.05, 4.69) is 4.98 Å². The molecule has 0 atom stereocenters. The lowest BCUT2D eigenvalue weighted by atomic mass is 10.3. The van der Waals surface area contributed by atoms with Crippen LogP contribution < -0.4 is 0 Å². The summed E-state index contributed by atoms with van der Waals surface area (Å²) in [6.07, 6.45) is 1.47. The molecule has 0 spiro atoms. The van der Waals surface area contributed by atoms with Crippen molar-refractivity contribution in [1.82, 2.24) is 4.98 Å². The summed E-state index contributed by atoms with van der Waals surface area (Å²) in [5, 5.41) is 10.9. The second-order valence-corrected chi connectivity index (χ2v) is 5.41. The summed E-state index contributed by atoms with van der Waals surface area (Å²) in [6, 6.07) is 7.24. The van der Waals surface area contributed by atoms with Crippen molar-refractivity contribution in [3.63, 3.8) is 0 Å². The van der Waals surface area contributed by atoms with Crippen LogP contribution in [0.25, 0.3) is 0 Å². The molecule has 0 aliphatic heterocycles. The molecule has 102 valence electrons. The van der Waals surface area contributed by atoms with Gasteiger partial charge in [-0.05, 0) is 35.9 Å². The molecule has 1 aromatic heterocycles. The van der Waals surface area contributed by atoms with Crippen LogP contribution in [0.1, 0.15) is 10.4 Å². The molecule has 0 aliphatic carbocycles. The number of carbonyl (C=O) groups excluding carboxylic acids is 1. The minimum Gasteiger partial charge on any atom is -0.276 e. The van der Waals surface area contributed by atoms with E-state index in [1.807, 2.05) is 0 Å². The minimum atomic E-state index is -0.676. The van der Waals surface area contributed by atoms with E-state index >= 15 is 0 Å². The number of hydrogen-bond donors (Lipinski definition) is 0. The molecule has 0 N–H and O–H groups in total. The number of hydrogen-bond acceptors (Lipinski definition) is 5. The van der Waals surface area contributed by atoms with E-state index in [-0.39, 0.29) is 16.3 Å². The molecule has 5 nitrogen and oxygen atoms in total. The molecule has 2 aromatic rings. The number of benzene rings is 1. The van der Waals surface area contributed by atoms with Gasteiger partial charge in [-0.25, -0.2) is 4.98 Å². The Morgan fingerprint density at radius 2 is 2.10 bits per heavy atom. The van der Waals surface area contributed by atoms with Crippen molar-refractivity contribution in [2.75, 3.05) is 0 Å². The standard InChI is InChI=1S/C12H6Cl2N2O3S/c13-7-3-4-9(16(18)19)10(6-7)20-12-8(11(14)17)2-1-5-15-12/h1-6H. The zero-order valence-corrected chi connectivity index (χ0v) is 12.1. The van der Waals surface area contributed by atoms with Crippen molar-refractivity contribution >= 4 is 45.9 Å². The first-order chi connectivity index (χ1) is 9.49. The molecule has 0 aliphatic rings. The molecule has 0 saturated carbocycles. The molecule has 0 amide bonds. The van der Waals surface area contributed by atoms with Crippen molar-refractivity contribution in [1.29, 1.82) is 0 Å². The zero-order valence-electron chi connectivity index (χ0n) is 9.75. The lowest BCUT2D eigenvalue weighted by Gasteiger charge is -2.05. The van der Waals surface area contributed by atoms with E-state index in [0.29, 0.717) is 9.92 Å². The van der Waals surface area contributed by atoms with Crippen LogP contribution in [0.3, 0.4) is 0 Å². The van der Waals surface area contributed by atoms with Crippen LogP contribution in [0.5, 0.6) is 0 Å². The fourth-order valence-corrected chi connectivity index (χ4v) is 2.92. The second-order valence-electron chi connectivity index (χ2n) is 3.60. The first-order valence-corrected chi connectivity index (χ1v) is 6.83. The van der Waals surface area contributed by atoms with Crippen molar-refractivity contribution in [3.8, 4) is 0 Å². The van der Waals surface area contributed by atoms with Gasteiger partial charge in [0.1, 0.15) is 5.03 Å². The normalized spacial score (nSPS) is 10.3. The average Bonchev–Trinajstić information content (AvgIpc) is 2.38. The number of halogens is 2. The lowest BCUT2D eigenvalue weighted by molar-refractivity contribution is -0.387. The number of nitrogens with zero attached hydrogens (tertiary/aromatic N) is 2. The van der Waals surface area contributed by atoms with Crippen LogP contribution in [-0.2, 0) is 0 Å². The Morgan fingerprint density at radius 1 is 1.35 bits per heavy atom. The third-order valence-electron chi connectivity index (χ3n) is 2.31. The van der Waals surface area contributed by atoms with Crippen LogP contribution >= 0.6 is 35.0 Å². The lowest BCUT2D eigenvalue weighted by Crippen LogP contribution is -1.96. The molecule has 8 heteroatoms. The molecule has 0 radical (unpaired) electrons. The summed E-state index contributed by atoms with van der Waals surface area (Å²) in [5.41, 5.74) is 0.0754. The molecule has 2 rings (SSSR count). The number of pyridine rings is 1. The van der Waals surface area contributed by atoms with E-state index < -0.39 is 10.2 Å². The maximum atomic E-state index is 11.3. The molecular weight excluding hydrogens is 323 g/mol. The maximum Gasteiger partial charge on any atom is 0.283 e. The van der Waals surface area contributed by atoms with E-state index in [0.717, 1.165) is 11.8 Å². The fraction of sp³-hybridized carbons (Fsp3) is 0. The number of rotatable bonds is 4. The van der Waals surface area contributed by atoms with Gasteiger partial charge in [0.15, 0.2) is 0 Å². The maximum absolute atomic E-state index is 11.3. The first-order valence-electron chi connectivity index (χ1n) is 5.25. The molecule has 0 unspecified atom stereocenters. The topological polar surface area (TPSA) is 73.1 Å². The van der Waals surface area contributed by atoms with Gasteiger partial charge < -0.3 is 0 Å². The van der Waals surface area contributed by atoms with Crippen molar-refractivity contribution in [2.24, 2.45) is 0 Å². The van der Waals surface area contributed by atoms with Gasteiger partial charge in [-0.15, -0.1) is 0 Å². The van der Waals surface area contributed by atoms with Crippen LogP contribution in [0.4, 0.5) is 5.69 Å². The van der Waals surface area contributed by atoms with Crippen LogP contribution in [0.2, 0.25) is 5.02 Å². The molecule has 1 aromatic carbocycles. The summed E-state index contributed by atoms with van der Waals surface area (Å²) in [7, 11) is 0. The van der Waals surface area contributed by atoms with Gasteiger partial charge in [0.05, 0.1) is 15.4 Å². The van der Waals surface area contributed by atoms with Crippen LogP contribution in [0.15, 0.2) is 46.5 Å². The Bertz CT molecular complexity index is 694. The highest BCUT2D eigenvalue weighted by Gasteiger charge is 2.18. The Kier molecular flexibility index (Phi) is 4.59. The number of carbonyl (C=O) groups is 1. The van der Waals surface area contributed by atoms with E-state index in [1.54, 1.807) is 6.07 Å². The van der Waals surface area contributed by atoms with E-state index in [9.17, 15) is 14.9 Å². The van der Waals surface area contributed by atoms with E-state index in [1.165, 1.54) is 30.5 Å². The van der Waals surface area contributed by atoms with Crippen LogP contribution in [0, 0.1) is 10.1 Å². The van der Waals surface area contributed by atoms with Crippen LogP contribution in [-0.4, -0.2) is 15.1 Å². The Balaban J connectivity index is 2.47. The summed E-state index contributed by atoms with van der Waals surface area (Å²) >= 11 is 12.3. The predicted octanol–water partition coefficient (Wildman–Crippen LogP) is 4.17. The zero-order chi connectivity index (χ0) is 14.7.